The summed E-state index contributed by atoms with van der Waals surface area (Å²) in [6.45, 7) is 3.95. The van der Waals surface area contributed by atoms with Crippen LogP contribution in [0, 0.1) is 5.92 Å². The van der Waals surface area contributed by atoms with Gasteiger partial charge in [-0.1, -0.05) is 50.2 Å². The molecule has 20 heavy (non-hydrogen) atoms. The maximum atomic E-state index is 12.2. The van der Waals surface area contributed by atoms with Gasteiger partial charge in [0.1, 0.15) is 17.3 Å². The first-order chi connectivity index (χ1) is 9.72. The van der Waals surface area contributed by atoms with Crippen molar-refractivity contribution >= 4 is 5.78 Å². The highest BCUT2D eigenvalue weighted by molar-refractivity contribution is 5.82. The van der Waals surface area contributed by atoms with Gasteiger partial charge in [0, 0.05) is 29.4 Å². The molecule has 0 radical (unpaired) electrons. The van der Waals surface area contributed by atoms with E-state index in [2.05, 4.69) is 12.1 Å². The molecule has 1 aliphatic heterocycles. The fraction of sp³-hybridized carbons (Fsp3) is 0.278. The summed E-state index contributed by atoms with van der Waals surface area (Å²) in [4.78, 5) is 12.2. The minimum Gasteiger partial charge on any atom is -0.457 e. The van der Waals surface area contributed by atoms with E-state index in [4.69, 9.17) is 4.74 Å². The molecule has 0 bridgehead atoms. The number of ketones is 1. The lowest BCUT2D eigenvalue weighted by molar-refractivity contribution is -0.122. The van der Waals surface area contributed by atoms with Gasteiger partial charge in [-0.05, 0) is 12.1 Å². The standard InChI is InChI=1S/C18H18O2/c1-3-15(19)12(2)18-13-8-4-6-10-16(13)20-17-11-7-5-9-14(17)18/h4-12,18H,3H2,1-2H3. The number of Topliss-reactive ketones (excluding diaryl/α,β-unsaturated/α-hetero) is 1. The third-order valence-electron chi connectivity index (χ3n) is 4.08. The summed E-state index contributed by atoms with van der Waals surface area (Å²) in [5.74, 6) is 2.08. The first-order valence-electron chi connectivity index (χ1n) is 7.10. The molecular formula is C18H18O2. The normalized spacial score (nSPS) is 14.9. The van der Waals surface area contributed by atoms with Crippen LogP contribution in [0.3, 0.4) is 0 Å². The van der Waals surface area contributed by atoms with Gasteiger partial charge in [0.05, 0.1) is 0 Å². The van der Waals surface area contributed by atoms with Crippen molar-refractivity contribution in [3.63, 3.8) is 0 Å². The lowest BCUT2D eigenvalue weighted by atomic mass is 9.77. The van der Waals surface area contributed by atoms with Crippen LogP contribution in [0.2, 0.25) is 0 Å². The Hall–Kier alpha value is -2.09. The van der Waals surface area contributed by atoms with Crippen molar-refractivity contribution in [2.45, 2.75) is 26.2 Å². The summed E-state index contributed by atoms with van der Waals surface area (Å²) in [7, 11) is 0. The Balaban J connectivity index is 2.15. The van der Waals surface area contributed by atoms with Gasteiger partial charge < -0.3 is 4.74 Å². The SMILES string of the molecule is CCC(=O)C(C)C1c2ccccc2Oc2ccccc21. The molecule has 0 amide bonds. The van der Waals surface area contributed by atoms with Crippen LogP contribution in [0.1, 0.15) is 37.3 Å². The average Bonchev–Trinajstić information content (AvgIpc) is 2.51. The number of fused-ring (bicyclic) bond motifs is 2. The van der Waals surface area contributed by atoms with Crippen LogP contribution in [-0.4, -0.2) is 5.78 Å². The third-order valence-corrected chi connectivity index (χ3v) is 4.08. The van der Waals surface area contributed by atoms with E-state index in [9.17, 15) is 4.79 Å². The largest absolute Gasteiger partial charge is 0.457 e. The fourth-order valence-electron chi connectivity index (χ4n) is 2.99. The van der Waals surface area contributed by atoms with E-state index < -0.39 is 0 Å². The molecule has 1 unspecified atom stereocenters. The Bertz CT molecular complexity index is 600. The molecule has 2 nitrogen and oxygen atoms in total. The molecule has 1 heterocycles. The molecule has 0 spiro atoms. The second-order valence-electron chi connectivity index (χ2n) is 5.26. The Morgan fingerprint density at radius 1 is 1.05 bits per heavy atom. The fourth-order valence-corrected chi connectivity index (χ4v) is 2.99. The van der Waals surface area contributed by atoms with Crippen LogP contribution < -0.4 is 4.74 Å². The molecule has 0 aliphatic carbocycles. The van der Waals surface area contributed by atoms with E-state index in [-0.39, 0.29) is 11.8 Å². The number of carbonyl (C=O) groups excluding carboxylic acids is 1. The smallest absolute Gasteiger partial charge is 0.136 e. The van der Waals surface area contributed by atoms with Crippen molar-refractivity contribution in [3.05, 3.63) is 59.7 Å². The molecule has 0 saturated carbocycles. The molecule has 102 valence electrons. The zero-order valence-corrected chi connectivity index (χ0v) is 11.8. The molecule has 3 rings (SSSR count). The van der Waals surface area contributed by atoms with Crippen LogP contribution in [-0.2, 0) is 4.79 Å². The van der Waals surface area contributed by atoms with Gasteiger partial charge in [-0.3, -0.25) is 4.79 Å². The molecule has 1 atom stereocenters. The minimum absolute atomic E-state index is 0.0359. The topological polar surface area (TPSA) is 26.3 Å². The number of carbonyl (C=O) groups is 1. The predicted octanol–water partition coefficient (Wildman–Crippen LogP) is 4.54. The molecule has 0 fully saturated rings. The van der Waals surface area contributed by atoms with Crippen molar-refractivity contribution in [3.8, 4) is 11.5 Å². The zero-order chi connectivity index (χ0) is 14.1. The minimum atomic E-state index is -0.0359. The Morgan fingerprint density at radius 3 is 2.05 bits per heavy atom. The van der Waals surface area contributed by atoms with Crippen LogP contribution in [0.5, 0.6) is 11.5 Å². The lowest BCUT2D eigenvalue weighted by Gasteiger charge is -2.31. The third kappa shape index (κ3) is 2.01. The number of benzene rings is 2. The number of hydrogen-bond donors (Lipinski definition) is 0. The first kappa shape index (κ1) is 12.9. The highest BCUT2D eigenvalue weighted by Gasteiger charge is 2.33. The van der Waals surface area contributed by atoms with Gasteiger partial charge in [0.2, 0.25) is 0 Å². The second kappa shape index (κ2) is 5.12. The Kier molecular flexibility index (Phi) is 3.31. The van der Waals surface area contributed by atoms with Gasteiger partial charge >= 0.3 is 0 Å². The summed E-state index contributed by atoms with van der Waals surface area (Å²) in [5.41, 5.74) is 2.22. The van der Waals surface area contributed by atoms with E-state index in [1.165, 1.54) is 0 Å². The molecule has 0 aromatic heterocycles. The maximum absolute atomic E-state index is 12.2. The van der Waals surface area contributed by atoms with Crippen LogP contribution in [0.4, 0.5) is 0 Å². The molecule has 2 aromatic carbocycles. The van der Waals surface area contributed by atoms with Crippen LogP contribution in [0.25, 0.3) is 0 Å². The average molecular weight is 266 g/mol. The summed E-state index contributed by atoms with van der Waals surface area (Å²) < 4.78 is 5.96. The zero-order valence-electron chi connectivity index (χ0n) is 11.8. The van der Waals surface area contributed by atoms with Crippen molar-refractivity contribution in [1.82, 2.24) is 0 Å². The van der Waals surface area contributed by atoms with Gasteiger partial charge in [-0.2, -0.15) is 0 Å². The second-order valence-corrected chi connectivity index (χ2v) is 5.26. The van der Waals surface area contributed by atoms with E-state index >= 15 is 0 Å². The van der Waals surface area contributed by atoms with Crippen molar-refractivity contribution in [2.75, 3.05) is 0 Å². The number of ether oxygens (including phenoxy) is 1. The highest BCUT2D eigenvalue weighted by atomic mass is 16.5. The van der Waals surface area contributed by atoms with Gasteiger partial charge in [-0.25, -0.2) is 0 Å². The summed E-state index contributed by atoms with van der Waals surface area (Å²) in [6, 6.07) is 16.0. The molecule has 0 N–H and O–H groups in total. The first-order valence-corrected chi connectivity index (χ1v) is 7.10. The van der Waals surface area contributed by atoms with Gasteiger partial charge in [0.15, 0.2) is 0 Å². The molecule has 2 heteroatoms. The lowest BCUT2D eigenvalue weighted by Crippen LogP contribution is -2.23. The molecule has 1 aliphatic rings. The quantitative estimate of drug-likeness (QED) is 0.815. The molecule has 2 aromatic rings. The number of para-hydroxylation sites is 2. The molecular weight excluding hydrogens is 248 g/mol. The van der Waals surface area contributed by atoms with Gasteiger partial charge in [0.25, 0.3) is 0 Å². The van der Waals surface area contributed by atoms with E-state index in [0.717, 1.165) is 22.6 Å². The number of hydrogen-bond acceptors (Lipinski definition) is 2. The highest BCUT2D eigenvalue weighted by Crippen LogP contribution is 2.47. The van der Waals surface area contributed by atoms with Gasteiger partial charge in [-0.15, -0.1) is 0 Å². The summed E-state index contributed by atoms with van der Waals surface area (Å²) >= 11 is 0. The van der Waals surface area contributed by atoms with Crippen molar-refractivity contribution in [2.24, 2.45) is 5.92 Å². The number of rotatable bonds is 3. The Morgan fingerprint density at radius 2 is 1.55 bits per heavy atom. The van der Waals surface area contributed by atoms with Crippen molar-refractivity contribution in [1.29, 1.82) is 0 Å². The van der Waals surface area contributed by atoms with E-state index in [1.807, 2.05) is 50.2 Å². The Labute approximate surface area is 119 Å². The van der Waals surface area contributed by atoms with Crippen LogP contribution in [0.15, 0.2) is 48.5 Å². The summed E-state index contributed by atoms with van der Waals surface area (Å²) in [6.07, 6.45) is 0.572. The van der Waals surface area contributed by atoms with E-state index in [1.54, 1.807) is 0 Å². The van der Waals surface area contributed by atoms with E-state index in [0.29, 0.717) is 12.2 Å². The summed E-state index contributed by atoms with van der Waals surface area (Å²) in [5, 5.41) is 0. The monoisotopic (exact) mass is 266 g/mol. The maximum Gasteiger partial charge on any atom is 0.136 e. The van der Waals surface area contributed by atoms with Crippen LogP contribution >= 0.6 is 0 Å². The predicted molar refractivity (Wildman–Crippen MR) is 79.3 cm³/mol. The molecule has 0 saturated heterocycles. The van der Waals surface area contributed by atoms with Crippen molar-refractivity contribution < 1.29 is 9.53 Å².